The molecule has 0 saturated carbocycles. The highest BCUT2D eigenvalue weighted by molar-refractivity contribution is 5.76. The van der Waals surface area contributed by atoms with Crippen LogP contribution in [0.5, 0.6) is 5.75 Å². The Balaban J connectivity index is 2.30. The third kappa shape index (κ3) is 5.52. The van der Waals surface area contributed by atoms with Crippen LogP contribution in [0, 0.1) is 11.6 Å². The van der Waals surface area contributed by atoms with Gasteiger partial charge in [-0.2, -0.15) is 0 Å². The van der Waals surface area contributed by atoms with E-state index in [2.05, 4.69) is 5.32 Å². The van der Waals surface area contributed by atoms with E-state index in [-0.39, 0.29) is 24.7 Å². The summed E-state index contributed by atoms with van der Waals surface area (Å²) in [7, 11) is 0. The number of ether oxygens (including phenoxy) is 1. The molecule has 20 heavy (non-hydrogen) atoms. The van der Waals surface area contributed by atoms with E-state index in [4.69, 9.17) is 10.5 Å². The van der Waals surface area contributed by atoms with Crippen LogP contribution in [-0.4, -0.2) is 24.6 Å². The summed E-state index contributed by atoms with van der Waals surface area (Å²) >= 11 is 0. The maximum atomic E-state index is 13.2. The van der Waals surface area contributed by atoms with E-state index in [9.17, 15) is 13.6 Å². The number of amides is 1. The molecule has 1 amide bonds. The second-order valence-electron chi connectivity index (χ2n) is 5.16. The number of hydrogen-bond acceptors (Lipinski definition) is 3. The Morgan fingerprint density at radius 2 is 2.10 bits per heavy atom. The molecule has 0 unspecified atom stereocenters. The summed E-state index contributed by atoms with van der Waals surface area (Å²) in [5.41, 5.74) is 5.06. The zero-order chi connectivity index (χ0) is 15.2. The van der Waals surface area contributed by atoms with Gasteiger partial charge in [-0.25, -0.2) is 8.78 Å². The summed E-state index contributed by atoms with van der Waals surface area (Å²) in [6.07, 6.45) is 0.690. The van der Waals surface area contributed by atoms with Crippen molar-refractivity contribution in [1.29, 1.82) is 0 Å². The molecule has 0 aliphatic heterocycles. The minimum absolute atomic E-state index is 0.0194. The topological polar surface area (TPSA) is 64.3 Å². The van der Waals surface area contributed by atoms with Crippen molar-refractivity contribution in [2.45, 2.75) is 32.2 Å². The first-order chi connectivity index (χ1) is 9.34. The predicted molar refractivity (Wildman–Crippen MR) is 72.4 cm³/mol. The fourth-order valence-corrected chi connectivity index (χ4v) is 1.50. The highest BCUT2D eigenvalue weighted by Gasteiger charge is 2.17. The summed E-state index contributed by atoms with van der Waals surface area (Å²) in [4.78, 5) is 11.6. The van der Waals surface area contributed by atoms with Crippen LogP contribution in [-0.2, 0) is 4.79 Å². The summed E-state index contributed by atoms with van der Waals surface area (Å²) < 4.78 is 31.1. The average molecular weight is 286 g/mol. The Morgan fingerprint density at radius 3 is 2.70 bits per heavy atom. The van der Waals surface area contributed by atoms with Gasteiger partial charge >= 0.3 is 0 Å². The third-order valence-corrected chi connectivity index (χ3v) is 2.69. The normalized spacial score (nSPS) is 11.2. The highest BCUT2D eigenvalue weighted by atomic mass is 19.1. The van der Waals surface area contributed by atoms with Crippen molar-refractivity contribution in [2.24, 2.45) is 5.73 Å². The van der Waals surface area contributed by atoms with Gasteiger partial charge in [-0.1, -0.05) is 0 Å². The van der Waals surface area contributed by atoms with Crippen molar-refractivity contribution in [1.82, 2.24) is 5.32 Å². The lowest BCUT2D eigenvalue weighted by atomic mass is 10.1. The standard InChI is InChI=1S/C14H20F2N2O2/c1-14(2,9-17)18-13(19)4-3-7-20-12-6-5-10(15)8-11(12)16/h5-6,8H,3-4,7,9,17H2,1-2H3,(H,18,19). The first-order valence-electron chi connectivity index (χ1n) is 6.43. The Labute approximate surface area is 117 Å². The quantitative estimate of drug-likeness (QED) is 0.753. The first-order valence-corrected chi connectivity index (χ1v) is 6.43. The molecule has 0 fully saturated rings. The summed E-state index contributed by atoms with van der Waals surface area (Å²) in [6.45, 7) is 4.18. The predicted octanol–water partition coefficient (Wildman–Crippen LogP) is 1.98. The Morgan fingerprint density at radius 1 is 1.40 bits per heavy atom. The molecule has 0 aliphatic rings. The molecule has 4 nitrogen and oxygen atoms in total. The number of nitrogens with two attached hydrogens (primary N) is 1. The van der Waals surface area contributed by atoms with E-state index in [0.717, 1.165) is 12.1 Å². The van der Waals surface area contributed by atoms with Gasteiger partial charge < -0.3 is 15.8 Å². The molecular formula is C14H20F2N2O2. The van der Waals surface area contributed by atoms with Crippen LogP contribution in [0.1, 0.15) is 26.7 Å². The number of hydrogen-bond donors (Lipinski definition) is 2. The van der Waals surface area contributed by atoms with Crippen LogP contribution >= 0.6 is 0 Å². The van der Waals surface area contributed by atoms with Gasteiger partial charge in [0.05, 0.1) is 6.61 Å². The van der Waals surface area contributed by atoms with E-state index < -0.39 is 17.2 Å². The Kier molecular flexibility index (Phi) is 5.88. The van der Waals surface area contributed by atoms with Crippen LogP contribution in [0.25, 0.3) is 0 Å². The summed E-state index contributed by atoms with van der Waals surface area (Å²) in [5, 5.41) is 2.78. The van der Waals surface area contributed by atoms with Gasteiger partial charge in [-0.05, 0) is 32.4 Å². The molecule has 0 spiro atoms. The first kappa shape index (κ1) is 16.4. The van der Waals surface area contributed by atoms with Crippen molar-refractivity contribution in [2.75, 3.05) is 13.2 Å². The van der Waals surface area contributed by atoms with Crippen LogP contribution in [0.2, 0.25) is 0 Å². The maximum absolute atomic E-state index is 13.2. The van der Waals surface area contributed by atoms with Gasteiger partial charge in [0.15, 0.2) is 11.6 Å². The van der Waals surface area contributed by atoms with Crippen LogP contribution in [0.3, 0.4) is 0 Å². The molecular weight excluding hydrogens is 266 g/mol. The molecule has 6 heteroatoms. The number of carbonyl (C=O) groups excluding carboxylic acids is 1. The molecule has 0 bridgehead atoms. The van der Waals surface area contributed by atoms with Crippen molar-refractivity contribution in [3.05, 3.63) is 29.8 Å². The lowest BCUT2D eigenvalue weighted by molar-refractivity contribution is -0.122. The lowest BCUT2D eigenvalue weighted by Gasteiger charge is -2.24. The van der Waals surface area contributed by atoms with E-state index in [1.54, 1.807) is 0 Å². The van der Waals surface area contributed by atoms with Gasteiger partial charge in [0, 0.05) is 24.6 Å². The summed E-state index contributed by atoms with van der Waals surface area (Å²) in [5.74, 6) is -1.56. The summed E-state index contributed by atoms with van der Waals surface area (Å²) in [6, 6.07) is 3.10. The minimum atomic E-state index is -0.751. The van der Waals surface area contributed by atoms with Gasteiger partial charge in [-0.3, -0.25) is 4.79 Å². The molecule has 1 rings (SSSR count). The number of rotatable bonds is 7. The molecule has 1 aromatic carbocycles. The zero-order valence-corrected chi connectivity index (χ0v) is 11.7. The second kappa shape index (κ2) is 7.19. The molecule has 0 atom stereocenters. The molecule has 0 aliphatic carbocycles. The number of nitrogens with one attached hydrogen (secondary N) is 1. The van der Waals surface area contributed by atoms with Crippen molar-refractivity contribution in [3.63, 3.8) is 0 Å². The minimum Gasteiger partial charge on any atom is -0.491 e. The van der Waals surface area contributed by atoms with E-state index in [1.807, 2.05) is 13.8 Å². The molecule has 0 aromatic heterocycles. The van der Waals surface area contributed by atoms with Crippen molar-refractivity contribution >= 4 is 5.91 Å². The van der Waals surface area contributed by atoms with Crippen LogP contribution in [0.4, 0.5) is 8.78 Å². The van der Waals surface area contributed by atoms with E-state index in [1.165, 1.54) is 6.07 Å². The van der Waals surface area contributed by atoms with Crippen LogP contribution < -0.4 is 15.8 Å². The van der Waals surface area contributed by atoms with E-state index >= 15 is 0 Å². The second-order valence-corrected chi connectivity index (χ2v) is 5.16. The highest BCUT2D eigenvalue weighted by Crippen LogP contribution is 2.17. The van der Waals surface area contributed by atoms with Crippen molar-refractivity contribution in [3.8, 4) is 5.75 Å². The molecule has 0 radical (unpaired) electrons. The molecule has 3 N–H and O–H groups in total. The van der Waals surface area contributed by atoms with E-state index in [0.29, 0.717) is 13.0 Å². The molecule has 1 aromatic rings. The Hall–Kier alpha value is -1.69. The Bertz CT molecular complexity index is 464. The number of carbonyl (C=O) groups is 1. The van der Waals surface area contributed by atoms with Gasteiger partial charge in [-0.15, -0.1) is 0 Å². The molecule has 0 heterocycles. The fourth-order valence-electron chi connectivity index (χ4n) is 1.50. The fraction of sp³-hybridized carbons (Fsp3) is 0.500. The largest absolute Gasteiger partial charge is 0.491 e. The lowest BCUT2D eigenvalue weighted by Crippen LogP contribution is -2.48. The number of halogens is 2. The van der Waals surface area contributed by atoms with Gasteiger partial charge in [0.2, 0.25) is 5.91 Å². The van der Waals surface area contributed by atoms with Crippen LogP contribution in [0.15, 0.2) is 18.2 Å². The number of benzene rings is 1. The molecule has 0 saturated heterocycles. The monoisotopic (exact) mass is 286 g/mol. The van der Waals surface area contributed by atoms with Gasteiger partial charge in [0.25, 0.3) is 0 Å². The maximum Gasteiger partial charge on any atom is 0.220 e. The molecule has 112 valence electrons. The van der Waals surface area contributed by atoms with Gasteiger partial charge in [0.1, 0.15) is 5.82 Å². The zero-order valence-electron chi connectivity index (χ0n) is 11.7. The SMILES string of the molecule is CC(C)(CN)NC(=O)CCCOc1ccc(F)cc1F. The smallest absolute Gasteiger partial charge is 0.220 e. The average Bonchev–Trinajstić information content (AvgIpc) is 2.36. The third-order valence-electron chi connectivity index (χ3n) is 2.69. The van der Waals surface area contributed by atoms with Crippen molar-refractivity contribution < 1.29 is 18.3 Å².